The van der Waals surface area contributed by atoms with Gasteiger partial charge in [0.25, 0.3) is 5.78 Å². The van der Waals surface area contributed by atoms with Crippen LogP contribution in [0.2, 0.25) is 0 Å². The standard InChI is InChI=1S/C18H21FN6/c1-3-16-21-18-20-13(2)12-17(25(18)22-16)24-10-8-23(9-11-24)15-6-4-14(19)5-7-15/h4-7,12H,3,8-11H2,1-2H3. The van der Waals surface area contributed by atoms with Crippen molar-refractivity contribution in [2.45, 2.75) is 20.3 Å². The van der Waals surface area contributed by atoms with Crippen LogP contribution in [-0.2, 0) is 6.42 Å². The molecule has 3 heterocycles. The van der Waals surface area contributed by atoms with E-state index in [0.717, 1.165) is 55.6 Å². The van der Waals surface area contributed by atoms with Gasteiger partial charge in [0.15, 0.2) is 5.82 Å². The zero-order chi connectivity index (χ0) is 17.4. The summed E-state index contributed by atoms with van der Waals surface area (Å²) in [5.74, 6) is 2.31. The van der Waals surface area contributed by atoms with Crippen molar-refractivity contribution in [3.63, 3.8) is 0 Å². The summed E-state index contributed by atoms with van der Waals surface area (Å²) in [6.45, 7) is 7.53. The van der Waals surface area contributed by atoms with Gasteiger partial charge in [-0.2, -0.15) is 9.50 Å². The van der Waals surface area contributed by atoms with E-state index in [2.05, 4.69) is 30.9 Å². The summed E-state index contributed by atoms with van der Waals surface area (Å²) >= 11 is 0. The molecule has 1 aliphatic rings. The van der Waals surface area contributed by atoms with E-state index in [1.807, 2.05) is 30.5 Å². The van der Waals surface area contributed by atoms with Crippen molar-refractivity contribution in [3.05, 3.63) is 47.7 Å². The van der Waals surface area contributed by atoms with Crippen molar-refractivity contribution in [1.82, 2.24) is 19.6 Å². The molecule has 1 saturated heterocycles. The lowest BCUT2D eigenvalue weighted by Crippen LogP contribution is -2.47. The minimum absolute atomic E-state index is 0.199. The number of aryl methyl sites for hydroxylation is 2. The summed E-state index contributed by atoms with van der Waals surface area (Å²) in [5.41, 5.74) is 2.00. The summed E-state index contributed by atoms with van der Waals surface area (Å²) in [5, 5.41) is 4.58. The Bertz CT molecular complexity index is 880. The molecule has 2 aromatic heterocycles. The number of benzene rings is 1. The van der Waals surface area contributed by atoms with Gasteiger partial charge in [-0.05, 0) is 31.2 Å². The number of fused-ring (bicyclic) bond motifs is 1. The van der Waals surface area contributed by atoms with E-state index in [1.165, 1.54) is 12.1 Å². The first-order valence-corrected chi connectivity index (χ1v) is 8.63. The minimum atomic E-state index is -0.199. The van der Waals surface area contributed by atoms with Crippen molar-refractivity contribution in [2.24, 2.45) is 0 Å². The first kappa shape index (κ1) is 15.8. The molecule has 0 saturated carbocycles. The summed E-state index contributed by atoms with van der Waals surface area (Å²) < 4.78 is 15.0. The van der Waals surface area contributed by atoms with Crippen LogP contribution in [0.5, 0.6) is 0 Å². The number of aromatic nitrogens is 4. The monoisotopic (exact) mass is 340 g/mol. The molecule has 0 spiro atoms. The van der Waals surface area contributed by atoms with Crippen molar-refractivity contribution in [2.75, 3.05) is 36.0 Å². The van der Waals surface area contributed by atoms with Crippen LogP contribution < -0.4 is 9.80 Å². The van der Waals surface area contributed by atoms with Crippen LogP contribution in [0.3, 0.4) is 0 Å². The molecule has 130 valence electrons. The number of halogens is 1. The molecule has 0 N–H and O–H groups in total. The molecule has 1 aliphatic heterocycles. The maximum absolute atomic E-state index is 13.1. The summed E-state index contributed by atoms with van der Waals surface area (Å²) in [7, 11) is 0. The predicted molar refractivity (Wildman–Crippen MR) is 95.7 cm³/mol. The van der Waals surface area contributed by atoms with E-state index in [9.17, 15) is 4.39 Å². The fraction of sp³-hybridized carbons (Fsp3) is 0.389. The topological polar surface area (TPSA) is 49.6 Å². The first-order valence-electron chi connectivity index (χ1n) is 8.63. The summed E-state index contributed by atoms with van der Waals surface area (Å²) in [6, 6.07) is 8.77. The molecular formula is C18H21FN6. The van der Waals surface area contributed by atoms with Gasteiger partial charge in [-0.15, -0.1) is 5.10 Å². The third kappa shape index (κ3) is 3.01. The minimum Gasteiger partial charge on any atom is -0.368 e. The fourth-order valence-electron chi connectivity index (χ4n) is 3.23. The lowest BCUT2D eigenvalue weighted by atomic mass is 10.2. The van der Waals surface area contributed by atoms with Crippen LogP contribution in [0.15, 0.2) is 30.3 Å². The molecule has 0 bridgehead atoms. The number of hydrogen-bond acceptors (Lipinski definition) is 5. The number of hydrogen-bond donors (Lipinski definition) is 0. The largest absolute Gasteiger partial charge is 0.368 e. The van der Waals surface area contributed by atoms with Gasteiger partial charge in [0.1, 0.15) is 11.6 Å². The Morgan fingerprint density at radius 2 is 1.68 bits per heavy atom. The summed E-state index contributed by atoms with van der Waals surface area (Å²) in [4.78, 5) is 13.6. The highest BCUT2D eigenvalue weighted by atomic mass is 19.1. The molecule has 1 fully saturated rings. The van der Waals surface area contributed by atoms with Crippen LogP contribution in [0.4, 0.5) is 15.9 Å². The highest BCUT2D eigenvalue weighted by Gasteiger charge is 2.21. The second-order valence-electron chi connectivity index (χ2n) is 6.30. The molecule has 6 nitrogen and oxygen atoms in total. The lowest BCUT2D eigenvalue weighted by molar-refractivity contribution is 0.622. The number of nitrogens with zero attached hydrogens (tertiary/aromatic N) is 6. The smallest absolute Gasteiger partial charge is 0.254 e. The van der Waals surface area contributed by atoms with Gasteiger partial charge in [-0.1, -0.05) is 6.92 Å². The zero-order valence-electron chi connectivity index (χ0n) is 14.5. The Morgan fingerprint density at radius 3 is 2.36 bits per heavy atom. The highest BCUT2D eigenvalue weighted by molar-refractivity contribution is 5.52. The Hall–Kier alpha value is -2.70. The highest BCUT2D eigenvalue weighted by Crippen LogP contribution is 2.22. The second-order valence-corrected chi connectivity index (χ2v) is 6.30. The van der Waals surface area contributed by atoms with Crippen LogP contribution in [0.25, 0.3) is 5.78 Å². The fourth-order valence-corrected chi connectivity index (χ4v) is 3.23. The van der Waals surface area contributed by atoms with Crippen LogP contribution in [-0.4, -0.2) is 45.8 Å². The van der Waals surface area contributed by atoms with Gasteiger partial charge in [0, 0.05) is 50.0 Å². The predicted octanol–water partition coefficient (Wildman–Crippen LogP) is 2.46. The normalized spacial score (nSPS) is 15.2. The van der Waals surface area contributed by atoms with E-state index < -0.39 is 0 Å². The number of piperazine rings is 1. The van der Waals surface area contributed by atoms with Crippen LogP contribution in [0, 0.1) is 12.7 Å². The Morgan fingerprint density at radius 1 is 1.00 bits per heavy atom. The van der Waals surface area contributed by atoms with Crippen molar-refractivity contribution < 1.29 is 4.39 Å². The second kappa shape index (κ2) is 6.31. The van der Waals surface area contributed by atoms with Gasteiger partial charge < -0.3 is 9.80 Å². The van der Waals surface area contributed by atoms with Gasteiger partial charge in [0.2, 0.25) is 0 Å². The van der Waals surface area contributed by atoms with Gasteiger partial charge in [0.05, 0.1) is 0 Å². The quantitative estimate of drug-likeness (QED) is 0.733. The maximum Gasteiger partial charge on any atom is 0.254 e. The van der Waals surface area contributed by atoms with E-state index >= 15 is 0 Å². The van der Waals surface area contributed by atoms with Crippen molar-refractivity contribution >= 4 is 17.3 Å². The van der Waals surface area contributed by atoms with Gasteiger partial charge in [-0.3, -0.25) is 0 Å². The molecule has 0 atom stereocenters. The molecule has 0 amide bonds. The average molecular weight is 340 g/mol. The molecule has 4 rings (SSSR count). The van der Waals surface area contributed by atoms with Crippen LogP contribution >= 0.6 is 0 Å². The van der Waals surface area contributed by atoms with Crippen molar-refractivity contribution in [1.29, 1.82) is 0 Å². The average Bonchev–Trinajstić information content (AvgIpc) is 3.05. The van der Waals surface area contributed by atoms with Crippen LogP contribution in [0.1, 0.15) is 18.4 Å². The van der Waals surface area contributed by atoms with E-state index in [-0.39, 0.29) is 5.82 Å². The lowest BCUT2D eigenvalue weighted by Gasteiger charge is -2.37. The molecule has 1 aromatic carbocycles. The maximum atomic E-state index is 13.1. The molecule has 0 radical (unpaired) electrons. The third-order valence-electron chi connectivity index (χ3n) is 4.58. The van der Waals surface area contributed by atoms with E-state index in [0.29, 0.717) is 5.78 Å². The number of rotatable bonds is 3. The molecular weight excluding hydrogens is 319 g/mol. The van der Waals surface area contributed by atoms with E-state index in [4.69, 9.17) is 0 Å². The Kier molecular flexibility index (Phi) is 3.99. The first-order chi connectivity index (χ1) is 12.1. The Balaban J connectivity index is 1.57. The zero-order valence-corrected chi connectivity index (χ0v) is 14.5. The number of anilines is 2. The summed E-state index contributed by atoms with van der Waals surface area (Å²) in [6.07, 6.45) is 0.792. The van der Waals surface area contributed by atoms with Gasteiger partial charge >= 0.3 is 0 Å². The molecule has 0 aliphatic carbocycles. The molecule has 25 heavy (non-hydrogen) atoms. The third-order valence-corrected chi connectivity index (χ3v) is 4.58. The SMILES string of the molecule is CCc1nc2nc(C)cc(N3CCN(c4ccc(F)cc4)CC3)n2n1. The molecule has 0 unspecified atom stereocenters. The molecule has 3 aromatic rings. The molecule has 7 heteroatoms. The van der Waals surface area contributed by atoms with Crippen molar-refractivity contribution in [3.8, 4) is 0 Å². The Labute approximate surface area is 145 Å². The van der Waals surface area contributed by atoms with E-state index in [1.54, 1.807) is 0 Å². The van der Waals surface area contributed by atoms with Gasteiger partial charge in [-0.25, -0.2) is 9.37 Å².